The van der Waals surface area contributed by atoms with Crippen LogP contribution in [0.3, 0.4) is 0 Å². The van der Waals surface area contributed by atoms with Gasteiger partial charge >= 0.3 is 0 Å². The molecule has 1 saturated carbocycles. The highest BCUT2D eigenvalue weighted by molar-refractivity contribution is 5.07. The summed E-state index contributed by atoms with van der Waals surface area (Å²) in [5.41, 5.74) is 6.88. The third-order valence-corrected chi connectivity index (χ3v) is 5.35. The molecule has 1 aromatic heterocycles. The molecule has 1 aliphatic carbocycles. The van der Waals surface area contributed by atoms with Crippen molar-refractivity contribution in [2.75, 3.05) is 26.3 Å². The summed E-state index contributed by atoms with van der Waals surface area (Å²) in [5.74, 6) is 1.13. The fraction of sp³-hybridized carbons (Fsp3) is 0.812. The highest BCUT2D eigenvalue weighted by atomic mass is 16.5. The van der Waals surface area contributed by atoms with Crippen molar-refractivity contribution in [2.24, 2.45) is 5.73 Å². The van der Waals surface area contributed by atoms with Crippen molar-refractivity contribution >= 4 is 0 Å². The first-order valence-electron chi connectivity index (χ1n) is 8.34. The predicted octanol–water partition coefficient (Wildman–Crippen LogP) is 1.42. The highest BCUT2D eigenvalue weighted by Gasteiger charge is 2.45. The van der Waals surface area contributed by atoms with Crippen LogP contribution >= 0.6 is 0 Å². The Bertz CT molecular complexity index is 447. The molecule has 118 valence electrons. The van der Waals surface area contributed by atoms with Gasteiger partial charge in [0, 0.05) is 50.0 Å². The van der Waals surface area contributed by atoms with E-state index < -0.39 is 0 Å². The lowest BCUT2D eigenvalue weighted by molar-refractivity contribution is -0.0308. The van der Waals surface area contributed by atoms with Crippen molar-refractivity contribution in [2.45, 2.75) is 57.2 Å². The van der Waals surface area contributed by atoms with E-state index in [1.165, 1.54) is 25.7 Å². The van der Waals surface area contributed by atoms with Gasteiger partial charge in [-0.1, -0.05) is 12.8 Å². The fourth-order valence-corrected chi connectivity index (χ4v) is 4.12. The Hall–Kier alpha value is -0.910. The van der Waals surface area contributed by atoms with Crippen LogP contribution in [0.2, 0.25) is 0 Å². The summed E-state index contributed by atoms with van der Waals surface area (Å²) in [5, 5.41) is 0. The maximum absolute atomic E-state index is 6.72. The van der Waals surface area contributed by atoms with E-state index in [0.717, 1.165) is 45.1 Å². The lowest BCUT2D eigenvalue weighted by Gasteiger charge is -2.47. The molecule has 21 heavy (non-hydrogen) atoms. The van der Waals surface area contributed by atoms with Crippen LogP contribution in [0, 0.1) is 0 Å². The molecule has 2 aliphatic rings. The number of aromatic nitrogens is 2. The monoisotopic (exact) mass is 292 g/mol. The maximum atomic E-state index is 6.72. The van der Waals surface area contributed by atoms with E-state index in [-0.39, 0.29) is 11.6 Å². The second kappa shape index (κ2) is 6.46. The quantitative estimate of drug-likeness (QED) is 0.892. The first-order valence-corrected chi connectivity index (χ1v) is 8.34. The second-order valence-electron chi connectivity index (χ2n) is 6.35. The van der Waals surface area contributed by atoms with Gasteiger partial charge in [0.2, 0.25) is 0 Å². The van der Waals surface area contributed by atoms with Gasteiger partial charge in [-0.15, -0.1) is 0 Å². The average Bonchev–Trinajstić information content (AvgIpc) is 3.17. The Morgan fingerprint density at radius 3 is 2.71 bits per heavy atom. The normalized spacial score (nSPS) is 24.3. The topological polar surface area (TPSA) is 56.3 Å². The summed E-state index contributed by atoms with van der Waals surface area (Å²) in [7, 11) is 0. The molecule has 0 spiro atoms. The number of aryl methyl sites for hydroxylation is 1. The zero-order valence-corrected chi connectivity index (χ0v) is 13.1. The molecule has 1 aliphatic heterocycles. The van der Waals surface area contributed by atoms with Crippen LogP contribution in [0.25, 0.3) is 0 Å². The van der Waals surface area contributed by atoms with Crippen molar-refractivity contribution < 1.29 is 4.74 Å². The number of nitrogens with two attached hydrogens (primary N) is 1. The van der Waals surface area contributed by atoms with Crippen molar-refractivity contribution in [3.05, 3.63) is 18.2 Å². The lowest BCUT2D eigenvalue weighted by atomic mass is 9.84. The maximum Gasteiger partial charge on any atom is 0.110 e. The van der Waals surface area contributed by atoms with Crippen molar-refractivity contribution in [1.82, 2.24) is 14.5 Å². The molecule has 3 rings (SSSR count). The van der Waals surface area contributed by atoms with Gasteiger partial charge in [-0.25, -0.2) is 4.98 Å². The van der Waals surface area contributed by atoms with E-state index in [0.29, 0.717) is 0 Å². The Morgan fingerprint density at radius 2 is 2.05 bits per heavy atom. The largest absolute Gasteiger partial charge is 0.379 e. The summed E-state index contributed by atoms with van der Waals surface area (Å²) >= 11 is 0. The highest BCUT2D eigenvalue weighted by Crippen LogP contribution is 2.38. The molecular formula is C16H28N4O. The zero-order valence-electron chi connectivity index (χ0n) is 13.1. The van der Waals surface area contributed by atoms with Crippen LogP contribution in [-0.4, -0.2) is 52.3 Å². The molecule has 5 heteroatoms. The van der Waals surface area contributed by atoms with Crippen molar-refractivity contribution in [1.29, 1.82) is 0 Å². The summed E-state index contributed by atoms with van der Waals surface area (Å²) in [6.45, 7) is 6.86. The molecule has 0 bridgehead atoms. The standard InChI is InChI=1S/C16H28N4O/c1-2-19-8-7-18-15(19)13-14(17)16(5-3-4-6-16)20-9-11-21-12-10-20/h7-8,14H,2-6,9-13,17H2,1H3. The second-order valence-corrected chi connectivity index (χ2v) is 6.35. The van der Waals surface area contributed by atoms with Gasteiger partial charge in [-0.3, -0.25) is 4.90 Å². The van der Waals surface area contributed by atoms with Crippen molar-refractivity contribution in [3.63, 3.8) is 0 Å². The minimum absolute atomic E-state index is 0.158. The minimum Gasteiger partial charge on any atom is -0.379 e. The first-order chi connectivity index (χ1) is 10.3. The number of imidazole rings is 1. The molecule has 1 aromatic rings. The molecule has 2 fully saturated rings. The van der Waals surface area contributed by atoms with Crippen LogP contribution in [0.1, 0.15) is 38.4 Å². The molecule has 0 amide bonds. The van der Waals surface area contributed by atoms with E-state index in [9.17, 15) is 0 Å². The van der Waals surface area contributed by atoms with Crippen LogP contribution in [-0.2, 0) is 17.7 Å². The molecule has 2 heterocycles. The third kappa shape index (κ3) is 2.87. The molecular weight excluding hydrogens is 264 g/mol. The van der Waals surface area contributed by atoms with Crippen LogP contribution in [0.5, 0.6) is 0 Å². The Morgan fingerprint density at radius 1 is 1.33 bits per heavy atom. The molecule has 1 atom stereocenters. The molecule has 1 saturated heterocycles. The van der Waals surface area contributed by atoms with E-state index in [4.69, 9.17) is 10.5 Å². The SMILES string of the molecule is CCn1ccnc1CC(N)C1(N2CCOCC2)CCCC1. The predicted molar refractivity (Wildman–Crippen MR) is 83.2 cm³/mol. The van der Waals surface area contributed by atoms with Gasteiger partial charge in [-0.05, 0) is 19.8 Å². The van der Waals surface area contributed by atoms with E-state index in [1.807, 2.05) is 6.20 Å². The van der Waals surface area contributed by atoms with Gasteiger partial charge in [0.1, 0.15) is 5.82 Å². The van der Waals surface area contributed by atoms with Gasteiger partial charge in [0.25, 0.3) is 0 Å². The number of hydrogen-bond donors (Lipinski definition) is 1. The van der Waals surface area contributed by atoms with E-state index in [2.05, 4.69) is 27.6 Å². The summed E-state index contributed by atoms with van der Waals surface area (Å²) in [6.07, 6.45) is 9.86. The van der Waals surface area contributed by atoms with Crippen LogP contribution in [0.15, 0.2) is 12.4 Å². The number of hydrogen-bond acceptors (Lipinski definition) is 4. The van der Waals surface area contributed by atoms with Gasteiger partial charge < -0.3 is 15.0 Å². The van der Waals surface area contributed by atoms with E-state index in [1.54, 1.807) is 0 Å². The summed E-state index contributed by atoms with van der Waals surface area (Å²) in [4.78, 5) is 7.12. The van der Waals surface area contributed by atoms with Gasteiger partial charge in [0.05, 0.1) is 13.2 Å². The fourth-order valence-electron chi connectivity index (χ4n) is 4.12. The number of rotatable bonds is 5. The molecule has 5 nitrogen and oxygen atoms in total. The van der Waals surface area contributed by atoms with Crippen LogP contribution < -0.4 is 5.73 Å². The Kier molecular flexibility index (Phi) is 4.62. The lowest BCUT2D eigenvalue weighted by Crippen LogP contribution is -2.62. The third-order valence-electron chi connectivity index (χ3n) is 5.35. The molecule has 1 unspecified atom stereocenters. The minimum atomic E-state index is 0.158. The van der Waals surface area contributed by atoms with Crippen LogP contribution in [0.4, 0.5) is 0 Å². The number of morpholine rings is 1. The molecule has 2 N–H and O–H groups in total. The Labute approximate surface area is 127 Å². The zero-order chi connectivity index (χ0) is 14.7. The number of ether oxygens (including phenoxy) is 1. The van der Waals surface area contributed by atoms with E-state index >= 15 is 0 Å². The van der Waals surface area contributed by atoms with Crippen molar-refractivity contribution in [3.8, 4) is 0 Å². The smallest absolute Gasteiger partial charge is 0.110 e. The summed E-state index contributed by atoms with van der Waals surface area (Å²) < 4.78 is 7.74. The number of nitrogens with zero attached hydrogens (tertiary/aromatic N) is 3. The Balaban J connectivity index is 1.76. The van der Waals surface area contributed by atoms with Gasteiger partial charge in [-0.2, -0.15) is 0 Å². The van der Waals surface area contributed by atoms with Gasteiger partial charge in [0.15, 0.2) is 0 Å². The molecule has 0 radical (unpaired) electrons. The first kappa shape index (κ1) is 15.0. The average molecular weight is 292 g/mol. The summed E-state index contributed by atoms with van der Waals surface area (Å²) in [6, 6.07) is 0.158. The molecule has 0 aromatic carbocycles.